The molecule has 2 aromatic heterocycles. The highest BCUT2D eigenvalue weighted by Gasteiger charge is 2.12. The third-order valence-electron chi connectivity index (χ3n) is 3.02. The molecule has 1 N–H and O–H groups in total. The Morgan fingerprint density at radius 3 is 3.00 bits per heavy atom. The summed E-state index contributed by atoms with van der Waals surface area (Å²) in [5, 5.41) is 0. The van der Waals surface area contributed by atoms with Crippen LogP contribution in [0, 0.1) is 6.92 Å². The van der Waals surface area contributed by atoms with Crippen molar-refractivity contribution in [2.75, 3.05) is 0 Å². The predicted octanol–water partition coefficient (Wildman–Crippen LogP) is 2.75. The topological polar surface area (TPSA) is 28.7 Å². The van der Waals surface area contributed by atoms with Gasteiger partial charge in [0.2, 0.25) is 0 Å². The largest absolute Gasteiger partial charge is 0.357 e. The van der Waals surface area contributed by atoms with E-state index in [1.165, 1.54) is 41.7 Å². The van der Waals surface area contributed by atoms with Crippen LogP contribution in [0.15, 0.2) is 12.1 Å². The number of aromatic nitrogens is 2. The maximum Gasteiger partial charge on any atom is 0.0885 e. The minimum atomic E-state index is 1.13. The molecule has 0 fully saturated rings. The molecule has 3 rings (SSSR count). The average molecular weight is 186 g/mol. The third-order valence-corrected chi connectivity index (χ3v) is 3.02. The summed E-state index contributed by atoms with van der Waals surface area (Å²) < 4.78 is 0. The van der Waals surface area contributed by atoms with Crippen LogP contribution in [-0.4, -0.2) is 9.97 Å². The molecule has 2 nitrogen and oxygen atoms in total. The Bertz CT molecular complexity index is 439. The van der Waals surface area contributed by atoms with Crippen molar-refractivity contribution in [3.05, 3.63) is 29.1 Å². The van der Waals surface area contributed by atoms with Crippen molar-refractivity contribution < 1.29 is 0 Å². The van der Waals surface area contributed by atoms with E-state index in [4.69, 9.17) is 4.98 Å². The normalized spacial score (nSPS) is 15.8. The number of nitrogens with zero attached hydrogens (tertiary/aromatic N) is 1. The first kappa shape index (κ1) is 8.04. The Hall–Kier alpha value is -1.31. The van der Waals surface area contributed by atoms with Gasteiger partial charge in [0.05, 0.1) is 11.0 Å². The second-order valence-corrected chi connectivity index (χ2v) is 4.19. The molecule has 0 saturated carbocycles. The van der Waals surface area contributed by atoms with Gasteiger partial charge in [-0.25, -0.2) is 0 Å². The Morgan fingerprint density at radius 2 is 2.07 bits per heavy atom. The summed E-state index contributed by atoms with van der Waals surface area (Å²) >= 11 is 0. The van der Waals surface area contributed by atoms with Crippen LogP contribution >= 0.6 is 0 Å². The van der Waals surface area contributed by atoms with Crippen LogP contribution in [0.3, 0.4) is 0 Å². The molecule has 0 amide bonds. The lowest BCUT2D eigenvalue weighted by molar-refractivity contribution is 0.671. The van der Waals surface area contributed by atoms with Crippen molar-refractivity contribution >= 4 is 11.0 Å². The quantitative estimate of drug-likeness (QED) is 0.673. The van der Waals surface area contributed by atoms with Crippen molar-refractivity contribution in [1.82, 2.24) is 9.97 Å². The summed E-state index contributed by atoms with van der Waals surface area (Å²) in [5.74, 6) is 0. The Kier molecular flexibility index (Phi) is 1.63. The zero-order valence-corrected chi connectivity index (χ0v) is 8.43. The van der Waals surface area contributed by atoms with E-state index in [0.29, 0.717) is 0 Å². The summed E-state index contributed by atoms with van der Waals surface area (Å²) in [4.78, 5) is 8.05. The van der Waals surface area contributed by atoms with Gasteiger partial charge >= 0.3 is 0 Å². The third kappa shape index (κ3) is 1.14. The second kappa shape index (κ2) is 2.84. The molecule has 0 atom stereocenters. The van der Waals surface area contributed by atoms with E-state index in [9.17, 15) is 0 Å². The fourth-order valence-electron chi connectivity index (χ4n) is 2.31. The van der Waals surface area contributed by atoms with Crippen LogP contribution in [0.1, 0.15) is 29.8 Å². The SMILES string of the molecule is Cc1cc2nc3c(cc2[nH]1)CCCC3. The number of pyridine rings is 1. The Morgan fingerprint density at radius 1 is 1.21 bits per heavy atom. The lowest BCUT2D eigenvalue weighted by Gasteiger charge is -2.13. The molecule has 0 aromatic carbocycles. The zero-order valence-electron chi connectivity index (χ0n) is 8.43. The van der Waals surface area contributed by atoms with Crippen LogP contribution in [0.4, 0.5) is 0 Å². The number of fused-ring (bicyclic) bond motifs is 2. The highest BCUT2D eigenvalue weighted by atomic mass is 14.8. The van der Waals surface area contributed by atoms with Crippen LogP contribution in [0.2, 0.25) is 0 Å². The van der Waals surface area contributed by atoms with Crippen molar-refractivity contribution in [1.29, 1.82) is 0 Å². The van der Waals surface area contributed by atoms with Crippen molar-refractivity contribution in [3.63, 3.8) is 0 Å². The summed E-state index contributed by atoms with van der Waals surface area (Å²) in [6.07, 6.45) is 4.99. The number of aryl methyl sites for hydroxylation is 3. The molecule has 0 aliphatic heterocycles. The van der Waals surface area contributed by atoms with E-state index in [1.54, 1.807) is 0 Å². The number of nitrogens with one attached hydrogen (secondary N) is 1. The maximum atomic E-state index is 4.71. The van der Waals surface area contributed by atoms with E-state index in [-0.39, 0.29) is 0 Å². The lowest BCUT2D eigenvalue weighted by atomic mass is 9.96. The van der Waals surface area contributed by atoms with Crippen molar-refractivity contribution in [2.24, 2.45) is 0 Å². The van der Waals surface area contributed by atoms with Gasteiger partial charge in [-0.1, -0.05) is 0 Å². The van der Waals surface area contributed by atoms with Gasteiger partial charge in [0, 0.05) is 11.4 Å². The molecule has 14 heavy (non-hydrogen) atoms. The second-order valence-electron chi connectivity index (χ2n) is 4.19. The van der Waals surface area contributed by atoms with Gasteiger partial charge in [-0.2, -0.15) is 0 Å². The van der Waals surface area contributed by atoms with E-state index >= 15 is 0 Å². The van der Waals surface area contributed by atoms with Gasteiger partial charge in [-0.15, -0.1) is 0 Å². The zero-order chi connectivity index (χ0) is 9.54. The van der Waals surface area contributed by atoms with Gasteiger partial charge in [-0.05, 0) is 50.3 Å². The standard InChI is InChI=1S/C12H14N2/c1-8-6-11-12(13-8)7-9-4-2-3-5-10(9)14-11/h6-7,13H,2-5H2,1H3. The van der Waals surface area contributed by atoms with E-state index < -0.39 is 0 Å². The number of aromatic amines is 1. The minimum absolute atomic E-state index is 1.13. The first-order chi connectivity index (χ1) is 6.83. The van der Waals surface area contributed by atoms with E-state index in [1.807, 2.05) is 0 Å². The Balaban J connectivity index is 2.26. The van der Waals surface area contributed by atoms with Crippen LogP contribution in [0.5, 0.6) is 0 Å². The molecular formula is C12H14N2. The van der Waals surface area contributed by atoms with E-state index in [0.717, 1.165) is 11.9 Å². The summed E-state index contributed by atoms with van der Waals surface area (Å²) in [6.45, 7) is 2.08. The molecular weight excluding hydrogens is 172 g/mol. The van der Waals surface area contributed by atoms with Gasteiger partial charge in [0.15, 0.2) is 0 Å². The highest BCUT2D eigenvalue weighted by molar-refractivity contribution is 5.77. The minimum Gasteiger partial charge on any atom is -0.357 e. The van der Waals surface area contributed by atoms with Crippen LogP contribution in [0.25, 0.3) is 11.0 Å². The first-order valence-corrected chi connectivity index (χ1v) is 5.31. The molecule has 2 aromatic rings. The average Bonchev–Trinajstić information content (AvgIpc) is 2.53. The van der Waals surface area contributed by atoms with E-state index in [2.05, 4.69) is 24.0 Å². The number of H-pyrrole nitrogens is 1. The molecule has 0 saturated heterocycles. The molecule has 0 spiro atoms. The predicted molar refractivity (Wildman–Crippen MR) is 57.5 cm³/mol. The number of rotatable bonds is 0. The monoisotopic (exact) mass is 186 g/mol. The molecule has 0 radical (unpaired) electrons. The molecule has 1 aliphatic carbocycles. The van der Waals surface area contributed by atoms with Crippen molar-refractivity contribution in [2.45, 2.75) is 32.6 Å². The molecule has 2 heteroatoms. The summed E-state index contributed by atoms with van der Waals surface area (Å²) in [6, 6.07) is 4.41. The summed E-state index contributed by atoms with van der Waals surface area (Å²) in [5.41, 5.74) is 6.30. The fraction of sp³-hybridized carbons (Fsp3) is 0.417. The fourth-order valence-corrected chi connectivity index (χ4v) is 2.31. The molecule has 2 heterocycles. The van der Waals surface area contributed by atoms with Gasteiger partial charge in [0.25, 0.3) is 0 Å². The maximum absolute atomic E-state index is 4.71. The highest BCUT2D eigenvalue weighted by Crippen LogP contribution is 2.23. The first-order valence-electron chi connectivity index (χ1n) is 5.31. The van der Waals surface area contributed by atoms with Gasteiger partial charge in [0.1, 0.15) is 0 Å². The smallest absolute Gasteiger partial charge is 0.0885 e. The van der Waals surface area contributed by atoms with Gasteiger partial charge in [-0.3, -0.25) is 4.98 Å². The number of hydrogen-bond acceptors (Lipinski definition) is 1. The van der Waals surface area contributed by atoms with Gasteiger partial charge < -0.3 is 4.98 Å². The molecule has 0 bridgehead atoms. The molecule has 1 aliphatic rings. The Labute approximate surface area is 83.4 Å². The number of hydrogen-bond donors (Lipinski definition) is 1. The molecule has 72 valence electrons. The lowest BCUT2D eigenvalue weighted by Crippen LogP contribution is -2.04. The van der Waals surface area contributed by atoms with Crippen molar-refractivity contribution in [3.8, 4) is 0 Å². The summed E-state index contributed by atoms with van der Waals surface area (Å²) in [7, 11) is 0. The van der Waals surface area contributed by atoms with Crippen LogP contribution in [-0.2, 0) is 12.8 Å². The molecule has 0 unspecified atom stereocenters. The van der Waals surface area contributed by atoms with Crippen LogP contribution < -0.4 is 0 Å².